The molecule has 0 unspecified atom stereocenters. The molecule has 0 aliphatic carbocycles. The van der Waals surface area contributed by atoms with E-state index in [1.165, 1.54) is 12.3 Å². The van der Waals surface area contributed by atoms with E-state index in [4.69, 9.17) is 0 Å². The van der Waals surface area contributed by atoms with Gasteiger partial charge in [0.1, 0.15) is 24.2 Å². The monoisotopic (exact) mass is 397 g/mol. The van der Waals surface area contributed by atoms with E-state index in [0.717, 1.165) is 10.1 Å². The number of alkyl halides is 2. The Labute approximate surface area is 163 Å². The third-order valence-electron chi connectivity index (χ3n) is 4.28. The van der Waals surface area contributed by atoms with Crippen molar-refractivity contribution in [2.75, 3.05) is 5.32 Å². The van der Waals surface area contributed by atoms with Crippen LogP contribution in [-0.2, 0) is 13.1 Å². The number of hydrogen-bond donors (Lipinski definition) is 1. The van der Waals surface area contributed by atoms with Crippen molar-refractivity contribution < 1.29 is 13.2 Å². The molecular formula is C19H14F3N7. The number of nitrogens with one attached hydrogen (secondary N) is 1. The van der Waals surface area contributed by atoms with Gasteiger partial charge in [0.15, 0.2) is 5.82 Å². The number of rotatable bonds is 6. The third-order valence-corrected chi connectivity index (χ3v) is 4.28. The summed E-state index contributed by atoms with van der Waals surface area (Å²) in [6.07, 6.45) is 2.18. The molecule has 0 saturated carbocycles. The first kappa shape index (κ1) is 18.5. The Morgan fingerprint density at radius 1 is 1.17 bits per heavy atom. The minimum absolute atomic E-state index is 0.0203. The molecule has 3 heterocycles. The minimum Gasteiger partial charge on any atom is -0.323 e. The zero-order valence-corrected chi connectivity index (χ0v) is 14.9. The lowest BCUT2D eigenvalue weighted by Gasteiger charge is -2.08. The molecule has 3 aromatic heterocycles. The van der Waals surface area contributed by atoms with Crippen molar-refractivity contribution in [1.82, 2.24) is 24.5 Å². The van der Waals surface area contributed by atoms with E-state index in [1.807, 2.05) is 6.07 Å². The Bertz CT molecular complexity index is 1210. The van der Waals surface area contributed by atoms with Crippen LogP contribution < -0.4 is 5.32 Å². The van der Waals surface area contributed by atoms with E-state index in [0.29, 0.717) is 22.7 Å². The maximum absolute atomic E-state index is 13.9. The van der Waals surface area contributed by atoms with Crippen LogP contribution in [0, 0.1) is 17.1 Å². The van der Waals surface area contributed by atoms with Crippen molar-refractivity contribution in [3.05, 3.63) is 65.9 Å². The third kappa shape index (κ3) is 3.89. The van der Waals surface area contributed by atoms with Crippen molar-refractivity contribution >= 4 is 22.5 Å². The first-order chi connectivity index (χ1) is 14.0. The smallest absolute Gasteiger partial charge is 0.257 e. The van der Waals surface area contributed by atoms with Gasteiger partial charge >= 0.3 is 0 Å². The molecule has 0 bridgehead atoms. The van der Waals surface area contributed by atoms with Gasteiger partial charge in [-0.05, 0) is 11.6 Å². The molecule has 146 valence electrons. The number of anilines is 2. The fourth-order valence-electron chi connectivity index (χ4n) is 2.96. The molecule has 1 aromatic carbocycles. The van der Waals surface area contributed by atoms with Crippen LogP contribution in [0.1, 0.15) is 11.1 Å². The van der Waals surface area contributed by atoms with Crippen molar-refractivity contribution in [2.45, 2.75) is 19.5 Å². The number of nitrogens with zero attached hydrogens (tertiary/aromatic N) is 6. The average molecular weight is 397 g/mol. The summed E-state index contributed by atoms with van der Waals surface area (Å²) in [6, 6.07) is 9.62. The van der Waals surface area contributed by atoms with Crippen LogP contribution in [0.2, 0.25) is 0 Å². The molecule has 0 saturated heterocycles. The van der Waals surface area contributed by atoms with Gasteiger partial charge in [-0.3, -0.25) is 9.36 Å². The van der Waals surface area contributed by atoms with Gasteiger partial charge in [-0.2, -0.15) is 15.5 Å². The molecule has 4 aromatic rings. The summed E-state index contributed by atoms with van der Waals surface area (Å²) in [5, 5.41) is 21.2. The van der Waals surface area contributed by atoms with Crippen LogP contribution in [0.3, 0.4) is 0 Å². The number of pyridine rings is 1. The molecule has 29 heavy (non-hydrogen) atoms. The number of aromatic nitrogens is 5. The van der Waals surface area contributed by atoms with Gasteiger partial charge in [0.2, 0.25) is 0 Å². The van der Waals surface area contributed by atoms with E-state index < -0.39 is 18.8 Å². The molecule has 4 rings (SSSR count). The lowest BCUT2D eigenvalue weighted by atomic mass is 10.1. The standard InChI is InChI=1S/C19H14F3N7/c20-15-3-1-2-12(14(15)7-23)10-29-16-6-19(24-8-13(16)9-25-29)26-18-4-5-28(27-18)11-17(21)22/h1-6,8-9,17H,10-11H2,(H,24,26,27). The summed E-state index contributed by atoms with van der Waals surface area (Å²) in [6.45, 7) is -0.285. The summed E-state index contributed by atoms with van der Waals surface area (Å²) >= 11 is 0. The Morgan fingerprint density at radius 3 is 2.83 bits per heavy atom. The van der Waals surface area contributed by atoms with Gasteiger partial charge in [-0.25, -0.2) is 18.2 Å². The van der Waals surface area contributed by atoms with Crippen LogP contribution in [0.5, 0.6) is 0 Å². The van der Waals surface area contributed by atoms with Crippen LogP contribution >= 0.6 is 0 Å². The van der Waals surface area contributed by atoms with E-state index >= 15 is 0 Å². The van der Waals surface area contributed by atoms with Crippen LogP contribution in [0.4, 0.5) is 24.8 Å². The van der Waals surface area contributed by atoms with Gasteiger partial charge in [0.25, 0.3) is 6.43 Å². The van der Waals surface area contributed by atoms with Gasteiger partial charge in [-0.1, -0.05) is 12.1 Å². The minimum atomic E-state index is -2.49. The maximum atomic E-state index is 13.9. The van der Waals surface area contributed by atoms with Gasteiger partial charge in [-0.15, -0.1) is 0 Å². The molecule has 0 aliphatic rings. The van der Waals surface area contributed by atoms with Crippen molar-refractivity contribution in [3.8, 4) is 6.07 Å². The predicted molar refractivity (Wildman–Crippen MR) is 99.3 cm³/mol. The molecule has 0 radical (unpaired) electrons. The lowest BCUT2D eigenvalue weighted by Crippen LogP contribution is -2.07. The van der Waals surface area contributed by atoms with Crippen LogP contribution in [-0.4, -0.2) is 31.0 Å². The quantitative estimate of drug-likeness (QED) is 0.536. The highest BCUT2D eigenvalue weighted by Gasteiger charge is 2.12. The Morgan fingerprint density at radius 2 is 2.03 bits per heavy atom. The lowest BCUT2D eigenvalue weighted by molar-refractivity contribution is 0.122. The van der Waals surface area contributed by atoms with E-state index in [9.17, 15) is 18.4 Å². The number of hydrogen-bond acceptors (Lipinski definition) is 5. The predicted octanol–water partition coefficient (Wildman–Crippen LogP) is 3.70. The topological polar surface area (TPSA) is 84.4 Å². The zero-order valence-electron chi connectivity index (χ0n) is 14.9. The summed E-state index contributed by atoms with van der Waals surface area (Å²) in [7, 11) is 0. The second-order valence-electron chi connectivity index (χ2n) is 6.26. The van der Waals surface area contributed by atoms with E-state index in [2.05, 4.69) is 20.5 Å². The van der Waals surface area contributed by atoms with Gasteiger partial charge in [0, 0.05) is 29.9 Å². The first-order valence-electron chi connectivity index (χ1n) is 8.61. The molecule has 0 spiro atoms. The Hall–Kier alpha value is -3.87. The second kappa shape index (κ2) is 7.63. The number of nitriles is 1. The zero-order chi connectivity index (χ0) is 20.4. The Kier molecular flexibility index (Phi) is 4.87. The van der Waals surface area contributed by atoms with E-state index in [1.54, 1.807) is 41.3 Å². The molecule has 1 N–H and O–H groups in total. The second-order valence-corrected chi connectivity index (χ2v) is 6.26. The fourth-order valence-corrected chi connectivity index (χ4v) is 2.96. The molecule has 10 heteroatoms. The summed E-state index contributed by atoms with van der Waals surface area (Å²) in [4.78, 5) is 4.27. The Balaban J connectivity index is 1.61. The van der Waals surface area contributed by atoms with E-state index in [-0.39, 0.29) is 12.1 Å². The number of benzene rings is 1. The van der Waals surface area contributed by atoms with Gasteiger partial charge < -0.3 is 5.32 Å². The maximum Gasteiger partial charge on any atom is 0.257 e. The largest absolute Gasteiger partial charge is 0.323 e. The fraction of sp³-hybridized carbons (Fsp3) is 0.158. The first-order valence-corrected chi connectivity index (χ1v) is 8.61. The summed E-state index contributed by atoms with van der Waals surface area (Å²) < 4.78 is 41.5. The highest BCUT2D eigenvalue weighted by atomic mass is 19.3. The summed E-state index contributed by atoms with van der Waals surface area (Å²) in [5.41, 5.74) is 1.20. The molecule has 0 fully saturated rings. The van der Waals surface area contributed by atoms with Crippen LogP contribution in [0.15, 0.2) is 48.9 Å². The van der Waals surface area contributed by atoms with Crippen molar-refractivity contribution in [1.29, 1.82) is 5.26 Å². The highest BCUT2D eigenvalue weighted by Crippen LogP contribution is 2.21. The average Bonchev–Trinajstić information content (AvgIpc) is 3.28. The van der Waals surface area contributed by atoms with Crippen LogP contribution in [0.25, 0.3) is 10.9 Å². The molecule has 7 nitrogen and oxygen atoms in total. The summed E-state index contributed by atoms with van der Waals surface area (Å²) in [5.74, 6) is 0.242. The number of fused-ring (bicyclic) bond motifs is 1. The molecule has 0 aliphatic heterocycles. The van der Waals surface area contributed by atoms with Crippen molar-refractivity contribution in [3.63, 3.8) is 0 Å². The molecule has 0 amide bonds. The number of halogens is 3. The SMILES string of the molecule is N#Cc1c(F)cccc1Cn1ncc2cnc(Nc3ccn(CC(F)F)n3)cc21. The molecule has 0 atom stereocenters. The van der Waals surface area contributed by atoms with Crippen molar-refractivity contribution in [2.24, 2.45) is 0 Å². The molecular weight excluding hydrogens is 383 g/mol. The normalized spacial score (nSPS) is 11.1. The van der Waals surface area contributed by atoms with Gasteiger partial charge in [0.05, 0.1) is 23.8 Å². The highest BCUT2D eigenvalue weighted by molar-refractivity contribution is 5.81.